The fourth-order valence-electron chi connectivity index (χ4n) is 1.89. The predicted molar refractivity (Wildman–Crippen MR) is 82.0 cm³/mol. The molecule has 0 atom stereocenters. The summed E-state index contributed by atoms with van der Waals surface area (Å²) in [5.41, 5.74) is 2.59. The van der Waals surface area contributed by atoms with Crippen molar-refractivity contribution in [1.29, 1.82) is 0 Å². The van der Waals surface area contributed by atoms with E-state index in [2.05, 4.69) is 17.4 Å². The normalized spacial score (nSPS) is 10.7. The summed E-state index contributed by atoms with van der Waals surface area (Å²) in [6.07, 6.45) is 3.00. The number of ether oxygens (including phenoxy) is 1. The molecule has 6 nitrogen and oxygen atoms in total. The lowest BCUT2D eigenvalue weighted by Gasteiger charge is -2.16. The molecule has 0 radical (unpaired) electrons. The summed E-state index contributed by atoms with van der Waals surface area (Å²) >= 11 is 0. The average molecular weight is 295 g/mol. The lowest BCUT2D eigenvalue weighted by Crippen LogP contribution is -2.29. The summed E-state index contributed by atoms with van der Waals surface area (Å²) in [7, 11) is 2.05. The van der Waals surface area contributed by atoms with E-state index >= 15 is 0 Å². The zero-order valence-electron chi connectivity index (χ0n) is 12.5. The van der Waals surface area contributed by atoms with Crippen LogP contribution in [0.4, 0.5) is 0 Å². The molecule has 6 heteroatoms. The van der Waals surface area contributed by atoms with Crippen molar-refractivity contribution in [3.05, 3.63) is 29.8 Å². The van der Waals surface area contributed by atoms with Gasteiger partial charge in [0.2, 0.25) is 0 Å². The molecule has 1 aromatic carbocycles. The van der Waals surface area contributed by atoms with Gasteiger partial charge in [-0.25, -0.2) is 5.84 Å². The van der Waals surface area contributed by atoms with Crippen LogP contribution in [0.25, 0.3) is 0 Å². The van der Waals surface area contributed by atoms with Gasteiger partial charge in [0, 0.05) is 18.7 Å². The summed E-state index contributed by atoms with van der Waals surface area (Å²) in [6.45, 7) is 2.70. The molecular weight excluding hydrogens is 270 g/mol. The number of unbranched alkanes of at least 4 members (excludes halogenated alkanes) is 2. The van der Waals surface area contributed by atoms with Crippen LogP contribution in [0.5, 0.6) is 5.75 Å². The fraction of sp³-hybridized carbons (Fsp3) is 0.533. The van der Waals surface area contributed by atoms with Crippen LogP contribution in [-0.4, -0.2) is 49.3 Å². The maximum atomic E-state index is 11.3. The van der Waals surface area contributed by atoms with Crippen molar-refractivity contribution in [2.24, 2.45) is 5.84 Å². The Morgan fingerprint density at radius 3 is 2.57 bits per heavy atom. The van der Waals surface area contributed by atoms with Crippen LogP contribution in [0, 0.1) is 0 Å². The molecule has 21 heavy (non-hydrogen) atoms. The largest absolute Gasteiger partial charge is 0.492 e. The van der Waals surface area contributed by atoms with Gasteiger partial charge < -0.3 is 14.7 Å². The third-order valence-corrected chi connectivity index (χ3v) is 3.19. The number of nitrogens with two attached hydrogens (primary N) is 1. The van der Waals surface area contributed by atoms with Crippen molar-refractivity contribution in [2.45, 2.75) is 19.3 Å². The van der Waals surface area contributed by atoms with Gasteiger partial charge in [0.25, 0.3) is 5.91 Å². The van der Waals surface area contributed by atoms with Crippen LogP contribution >= 0.6 is 0 Å². The number of hydrazine groups is 1. The van der Waals surface area contributed by atoms with Crippen LogP contribution in [0.2, 0.25) is 0 Å². The number of amides is 1. The monoisotopic (exact) mass is 295 g/mol. The Morgan fingerprint density at radius 2 is 1.95 bits per heavy atom. The van der Waals surface area contributed by atoms with E-state index in [1.165, 1.54) is 0 Å². The molecule has 0 saturated heterocycles. The number of benzene rings is 1. The van der Waals surface area contributed by atoms with Gasteiger partial charge in [-0.15, -0.1) is 0 Å². The van der Waals surface area contributed by atoms with E-state index in [1.807, 2.05) is 0 Å². The highest BCUT2D eigenvalue weighted by molar-refractivity contribution is 5.93. The number of carbonyl (C=O) groups excluding carboxylic acids is 1. The van der Waals surface area contributed by atoms with E-state index in [0.717, 1.165) is 38.1 Å². The van der Waals surface area contributed by atoms with Gasteiger partial charge >= 0.3 is 0 Å². The first-order valence-corrected chi connectivity index (χ1v) is 7.20. The highest BCUT2D eigenvalue weighted by atomic mass is 16.5. The van der Waals surface area contributed by atoms with E-state index in [1.54, 1.807) is 24.3 Å². The maximum absolute atomic E-state index is 11.3. The molecule has 0 aliphatic heterocycles. The number of aliphatic hydroxyl groups excluding tert-OH is 1. The lowest BCUT2D eigenvalue weighted by atomic mass is 10.2. The molecule has 0 saturated carbocycles. The van der Waals surface area contributed by atoms with E-state index in [9.17, 15) is 4.79 Å². The topological polar surface area (TPSA) is 87.8 Å². The number of nitrogen functional groups attached to an aromatic ring is 1. The number of rotatable bonds is 10. The molecule has 0 aliphatic rings. The predicted octanol–water partition coefficient (Wildman–Crippen LogP) is 0.763. The minimum Gasteiger partial charge on any atom is -0.492 e. The molecule has 1 aromatic rings. The first kappa shape index (κ1) is 17.4. The minimum atomic E-state index is -0.316. The van der Waals surface area contributed by atoms with Gasteiger partial charge in [0.1, 0.15) is 12.4 Å². The van der Waals surface area contributed by atoms with Gasteiger partial charge in [-0.2, -0.15) is 0 Å². The second kappa shape index (κ2) is 10.1. The molecule has 4 N–H and O–H groups in total. The molecule has 0 bridgehead atoms. The summed E-state index contributed by atoms with van der Waals surface area (Å²) < 4.78 is 5.63. The fourth-order valence-corrected chi connectivity index (χ4v) is 1.89. The third-order valence-electron chi connectivity index (χ3n) is 3.19. The zero-order chi connectivity index (χ0) is 15.5. The van der Waals surface area contributed by atoms with E-state index in [-0.39, 0.29) is 12.5 Å². The Balaban J connectivity index is 2.21. The van der Waals surface area contributed by atoms with E-state index in [4.69, 9.17) is 15.7 Å². The molecule has 1 rings (SSSR count). The number of nitrogens with one attached hydrogen (secondary N) is 1. The van der Waals surface area contributed by atoms with Crippen LogP contribution in [0.3, 0.4) is 0 Å². The average Bonchev–Trinajstić information content (AvgIpc) is 2.51. The first-order chi connectivity index (χ1) is 10.2. The Bertz CT molecular complexity index is 409. The maximum Gasteiger partial charge on any atom is 0.265 e. The van der Waals surface area contributed by atoms with Crippen molar-refractivity contribution >= 4 is 5.91 Å². The van der Waals surface area contributed by atoms with Crippen molar-refractivity contribution in [1.82, 2.24) is 10.3 Å². The highest BCUT2D eigenvalue weighted by Crippen LogP contribution is 2.12. The minimum absolute atomic E-state index is 0.269. The molecular formula is C15H25N3O3. The number of hydrogen-bond donors (Lipinski definition) is 3. The smallest absolute Gasteiger partial charge is 0.265 e. The SMILES string of the molecule is CN(CCCCCO)CCOc1ccc(C(=O)NN)cc1. The number of aliphatic hydroxyl groups is 1. The highest BCUT2D eigenvalue weighted by Gasteiger charge is 2.03. The Kier molecular flexibility index (Phi) is 8.42. The van der Waals surface area contributed by atoms with Gasteiger partial charge in [-0.05, 0) is 57.1 Å². The van der Waals surface area contributed by atoms with E-state index < -0.39 is 0 Å². The number of hydrogen-bond acceptors (Lipinski definition) is 5. The van der Waals surface area contributed by atoms with Crippen LogP contribution < -0.4 is 16.0 Å². The Morgan fingerprint density at radius 1 is 1.24 bits per heavy atom. The quantitative estimate of drug-likeness (QED) is 0.257. The summed E-state index contributed by atoms with van der Waals surface area (Å²) in [5, 5.41) is 8.70. The number of carbonyl (C=O) groups is 1. The molecule has 0 heterocycles. The van der Waals surface area contributed by atoms with Crippen molar-refractivity contribution in [3.63, 3.8) is 0 Å². The van der Waals surface area contributed by atoms with Crippen LogP contribution in [0.1, 0.15) is 29.6 Å². The zero-order valence-corrected chi connectivity index (χ0v) is 12.5. The summed E-state index contributed by atoms with van der Waals surface area (Å²) in [4.78, 5) is 13.5. The molecule has 0 fully saturated rings. The second-order valence-corrected chi connectivity index (χ2v) is 4.93. The molecule has 0 spiro atoms. The summed E-state index contributed by atoms with van der Waals surface area (Å²) in [5.74, 6) is 5.48. The van der Waals surface area contributed by atoms with Crippen molar-refractivity contribution in [2.75, 3.05) is 33.4 Å². The van der Waals surface area contributed by atoms with Gasteiger partial charge in [0.15, 0.2) is 0 Å². The van der Waals surface area contributed by atoms with Crippen LogP contribution in [-0.2, 0) is 0 Å². The molecule has 0 aliphatic carbocycles. The second-order valence-electron chi connectivity index (χ2n) is 4.93. The van der Waals surface area contributed by atoms with Gasteiger partial charge in [0.05, 0.1) is 0 Å². The van der Waals surface area contributed by atoms with Crippen molar-refractivity contribution < 1.29 is 14.6 Å². The third kappa shape index (κ3) is 7.08. The van der Waals surface area contributed by atoms with Crippen molar-refractivity contribution in [3.8, 4) is 5.75 Å². The van der Waals surface area contributed by atoms with Gasteiger partial charge in [-0.1, -0.05) is 0 Å². The standard InChI is InChI=1S/C15H25N3O3/c1-18(9-3-2-4-11-19)10-12-21-14-7-5-13(6-8-14)15(20)17-16/h5-8,19H,2-4,9-12,16H2,1H3,(H,17,20). The Labute approximate surface area is 125 Å². The first-order valence-electron chi connectivity index (χ1n) is 7.20. The van der Waals surface area contributed by atoms with Crippen LogP contribution in [0.15, 0.2) is 24.3 Å². The number of nitrogens with zero attached hydrogens (tertiary/aromatic N) is 1. The van der Waals surface area contributed by atoms with E-state index in [0.29, 0.717) is 12.2 Å². The number of likely N-dealkylation sites (N-methyl/N-ethyl adjacent to an activating group) is 1. The molecule has 118 valence electrons. The lowest BCUT2D eigenvalue weighted by molar-refractivity contribution is 0.0953. The molecule has 0 unspecified atom stereocenters. The molecule has 1 amide bonds. The molecule has 0 aromatic heterocycles. The summed E-state index contributed by atoms with van der Waals surface area (Å²) in [6, 6.07) is 6.86. The van der Waals surface area contributed by atoms with Gasteiger partial charge in [-0.3, -0.25) is 10.2 Å². The Hall–Kier alpha value is -1.63.